The van der Waals surface area contributed by atoms with Gasteiger partial charge in [0.2, 0.25) is 17.7 Å². The van der Waals surface area contributed by atoms with Crippen LogP contribution in [0, 0.1) is 17.8 Å². The van der Waals surface area contributed by atoms with E-state index in [9.17, 15) is 19.5 Å². The number of nitrogens with zero attached hydrogens (tertiary/aromatic N) is 3. The monoisotopic (exact) mass is 742 g/mol. The standard InChI is InChI=1S/C36H47BrN4O8/c1-3-23(2)27(21-42)41-32-35(46)40(15-14-39-16-18-47-19-17-39)13-9-5-8-12-28(43)48-22-26(24-10-6-4-7-11-24)38-33(44)29-30(34(41)45)36(32)20-25(37)31(29)49-36/h4-7,9-11,20,23,26-27,29-32,42H,3,8,12-19,21-22H2,1-2H3,(H,38,44)/b9-5-/t23-,26+,27-,29+,30-,31+,32+,36-/m0/s1. The zero-order valence-corrected chi connectivity index (χ0v) is 29.8. The molecule has 3 saturated heterocycles. The van der Waals surface area contributed by atoms with Gasteiger partial charge in [0.05, 0.1) is 43.7 Å². The normalized spacial score (nSPS) is 33.1. The molecule has 3 fully saturated rings. The van der Waals surface area contributed by atoms with E-state index < -0.39 is 53.5 Å². The van der Waals surface area contributed by atoms with Crippen LogP contribution in [0.25, 0.3) is 0 Å². The van der Waals surface area contributed by atoms with Gasteiger partial charge in [0, 0.05) is 43.6 Å². The molecule has 12 nitrogen and oxygen atoms in total. The van der Waals surface area contributed by atoms with E-state index in [1.165, 1.54) is 4.90 Å². The zero-order valence-electron chi connectivity index (χ0n) is 28.2. The number of carbonyl (C=O) groups is 4. The van der Waals surface area contributed by atoms with E-state index in [0.717, 1.165) is 18.7 Å². The number of cyclic esters (lactones) is 1. The van der Waals surface area contributed by atoms with E-state index in [-0.39, 0.29) is 43.9 Å². The minimum absolute atomic E-state index is 0.0829. The Morgan fingerprint density at radius 1 is 1.06 bits per heavy atom. The molecule has 5 bridgehead atoms. The second kappa shape index (κ2) is 15.4. The Bertz CT molecular complexity index is 1450. The van der Waals surface area contributed by atoms with Crippen LogP contribution in [0.2, 0.25) is 0 Å². The molecule has 1 aromatic carbocycles. The molecule has 3 amide bonds. The third-order valence-electron chi connectivity index (χ3n) is 10.8. The molecule has 6 rings (SSSR count). The first-order valence-electron chi connectivity index (χ1n) is 17.4. The molecule has 266 valence electrons. The van der Waals surface area contributed by atoms with Gasteiger partial charge in [-0.1, -0.05) is 78.7 Å². The van der Waals surface area contributed by atoms with Crippen LogP contribution in [0.1, 0.15) is 44.7 Å². The van der Waals surface area contributed by atoms with Gasteiger partial charge in [0.25, 0.3) is 0 Å². The van der Waals surface area contributed by atoms with E-state index in [1.54, 1.807) is 11.0 Å². The highest BCUT2D eigenvalue weighted by molar-refractivity contribution is 9.11. The van der Waals surface area contributed by atoms with Crippen molar-refractivity contribution in [1.82, 2.24) is 20.0 Å². The lowest BCUT2D eigenvalue weighted by Gasteiger charge is -2.40. The number of amides is 3. The number of carbonyl (C=O) groups excluding carboxylic acids is 4. The van der Waals surface area contributed by atoms with E-state index in [1.807, 2.05) is 56.3 Å². The number of hydrogen-bond donors (Lipinski definition) is 2. The molecule has 5 aliphatic heterocycles. The number of benzene rings is 1. The van der Waals surface area contributed by atoms with Crippen molar-refractivity contribution in [3.8, 4) is 0 Å². The van der Waals surface area contributed by atoms with Crippen molar-refractivity contribution in [3.63, 3.8) is 0 Å². The summed E-state index contributed by atoms with van der Waals surface area (Å²) in [5, 5.41) is 13.8. The molecule has 1 aromatic rings. The SMILES string of the molecule is CC[C@H](C)[C@H](CO)N1C(=O)[C@@H]2[C@H]3C(=O)N[C@@H](c4ccccc4)COC(=O)CC/C=C\CN(CCN4CCOCC4)C(=O)[C@@H]1[C@]21C=C(Br)[C@H]3O1. The summed E-state index contributed by atoms with van der Waals surface area (Å²) in [6, 6.07) is 6.80. The van der Waals surface area contributed by atoms with Gasteiger partial charge in [0.15, 0.2) is 0 Å². The fourth-order valence-corrected chi connectivity index (χ4v) is 8.64. The van der Waals surface area contributed by atoms with Gasteiger partial charge in [-0.05, 0) is 24.0 Å². The number of aliphatic hydroxyl groups excluding tert-OH is 1. The molecule has 0 radical (unpaired) electrons. The van der Waals surface area contributed by atoms with Gasteiger partial charge in [0.1, 0.15) is 24.4 Å². The predicted molar refractivity (Wildman–Crippen MR) is 183 cm³/mol. The number of aliphatic hydroxyl groups is 1. The van der Waals surface area contributed by atoms with Gasteiger partial charge < -0.3 is 34.4 Å². The van der Waals surface area contributed by atoms with Crippen molar-refractivity contribution in [2.45, 2.75) is 62.9 Å². The van der Waals surface area contributed by atoms with E-state index in [0.29, 0.717) is 43.6 Å². The number of esters is 1. The first-order chi connectivity index (χ1) is 23.7. The van der Waals surface area contributed by atoms with Crippen LogP contribution in [0.5, 0.6) is 0 Å². The first kappa shape index (κ1) is 35.7. The van der Waals surface area contributed by atoms with Crippen LogP contribution < -0.4 is 5.32 Å². The first-order valence-corrected chi connectivity index (χ1v) is 18.2. The minimum atomic E-state index is -1.43. The Kier molecular flexibility index (Phi) is 11.2. The van der Waals surface area contributed by atoms with Crippen LogP contribution in [-0.2, 0) is 33.4 Å². The van der Waals surface area contributed by atoms with Crippen LogP contribution >= 0.6 is 15.9 Å². The maximum absolute atomic E-state index is 15.0. The molecule has 0 aromatic heterocycles. The summed E-state index contributed by atoms with van der Waals surface area (Å²) < 4.78 is 18.5. The third-order valence-corrected chi connectivity index (χ3v) is 11.5. The molecule has 13 heteroatoms. The number of fused-ring (bicyclic) bond motifs is 2. The smallest absolute Gasteiger partial charge is 0.306 e. The maximum atomic E-state index is 15.0. The van der Waals surface area contributed by atoms with Crippen LogP contribution in [0.3, 0.4) is 0 Å². The summed E-state index contributed by atoms with van der Waals surface area (Å²) in [6.45, 7) is 7.50. The van der Waals surface area contributed by atoms with E-state index in [4.69, 9.17) is 14.2 Å². The summed E-state index contributed by atoms with van der Waals surface area (Å²) in [6.07, 6.45) is 5.98. The summed E-state index contributed by atoms with van der Waals surface area (Å²) in [5.74, 6) is -3.63. The van der Waals surface area contributed by atoms with Gasteiger partial charge in [-0.25, -0.2) is 0 Å². The number of ether oxygens (including phenoxy) is 3. The number of allylic oxidation sites excluding steroid dienone is 1. The average Bonchev–Trinajstić information content (AvgIpc) is 3.71. The van der Waals surface area contributed by atoms with Crippen LogP contribution in [0.15, 0.2) is 53.0 Å². The number of hydrogen-bond acceptors (Lipinski definition) is 9. The zero-order chi connectivity index (χ0) is 34.7. The molecule has 1 spiro atoms. The highest BCUT2D eigenvalue weighted by Gasteiger charge is 2.75. The second-order valence-electron chi connectivity index (χ2n) is 13.6. The van der Waals surface area contributed by atoms with Crippen molar-refractivity contribution in [1.29, 1.82) is 0 Å². The minimum Gasteiger partial charge on any atom is -0.463 e. The molecular formula is C36H47BrN4O8. The molecule has 5 heterocycles. The van der Waals surface area contributed by atoms with Crippen molar-refractivity contribution >= 4 is 39.6 Å². The Morgan fingerprint density at radius 3 is 2.53 bits per heavy atom. The van der Waals surface area contributed by atoms with Crippen LogP contribution in [-0.4, -0.2) is 126 Å². The Balaban J connectivity index is 1.42. The van der Waals surface area contributed by atoms with Crippen molar-refractivity contribution in [2.24, 2.45) is 17.8 Å². The number of likely N-dealkylation sites (tertiary alicyclic amines) is 1. The summed E-state index contributed by atoms with van der Waals surface area (Å²) in [5.41, 5.74) is -0.681. The average molecular weight is 744 g/mol. The number of morpholine rings is 1. The fourth-order valence-electron chi connectivity index (χ4n) is 7.90. The lowest BCUT2D eigenvalue weighted by Crippen LogP contribution is -2.60. The number of nitrogens with one attached hydrogen (secondary N) is 1. The summed E-state index contributed by atoms with van der Waals surface area (Å²) in [7, 11) is 0. The van der Waals surface area contributed by atoms with E-state index >= 15 is 4.79 Å². The molecule has 5 aliphatic rings. The van der Waals surface area contributed by atoms with Crippen molar-refractivity contribution in [2.75, 3.05) is 59.2 Å². The van der Waals surface area contributed by atoms with Crippen LogP contribution in [0.4, 0.5) is 0 Å². The number of halogens is 1. The second-order valence-corrected chi connectivity index (χ2v) is 14.5. The van der Waals surface area contributed by atoms with Gasteiger partial charge in [-0.3, -0.25) is 24.1 Å². The molecule has 8 atom stereocenters. The molecule has 2 N–H and O–H groups in total. The number of rotatable bonds is 8. The topological polar surface area (TPSA) is 138 Å². The Hall–Kier alpha value is -3.10. The highest BCUT2D eigenvalue weighted by atomic mass is 79.9. The molecular weight excluding hydrogens is 696 g/mol. The maximum Gasteiger partial charge on any atom is 0.306 e. The van der Waals surface area contributed by atoms with Crippen molar-refractivity contribution in [3.05, 3.63) is 58.6 Å². The van der Waals surface area contributed by atoms with Gasteiger partial charge in [-0.2, -0.15) is 0 Å². The summed E-state index contributed by atoms with van der Waals surface area (Å²) in [4.78, 5) is 62.5. The molecule has 0 aliphatic carbocycles. The largest absolute Gasteiger partial charge is 0.463 e. The highest BCUT2D eigenvalue weighted by Crippen LogP contribution is 2.59. The van der Waals surface area contributed by atoms with Crippen molar-refractivity contribution < 1.29 is 38.5 Å². The molecule has 49 heavy (non-hydrogen) atoms. The van der Waals surface area contributed by atoms with Gasteiger partial charge >= 0.3 is 5.97 Å². The molecule has 0 saturated carbocycles. The lowest BCUT2D eigenvalue weighted by atomic mass is 9.74. The quantitative estimate of drug-likeness (QED) is 0.303. The molecule has 0 unspecified atom stereocenters. The third kappa shape index (κ3) is 6.97. The summed E-state index contributed by atoms with van der Waals surface area (Å²) >= 11 is 3.63. The Morgan fingerprint density at radius 2 is 1.82 bits per heavy atom. The van der Waals surface area contributed by atoms with E-state index in [2.05, 4.69) is 26.1 Å². The Labute approximate surface area is 295 Å². The lowest BCUT2D eigenvalue weighted by molar-refractivity contribution is -0.152. The predicted octanol–water partition coefficient (Wildman–Crippen LogP) is 2.18. The fraction of sp³-hybridized carbons (Fsp3) is 0.611. The van der Waals surface area contributed by atoms with Gasteiger partial charge in [-0.15, -0.1) is 0 Å².